The Morgan fingerprint density at radius 2 is 2.06 bits per heavy atom. The van der Waals surface area contributed by atoms with E-state index in [-0.39, 0.29) is 0 Å². The summed E-state index contributed by atoms with van der Waals surface area (Å²) in [7, 11) is 1.69. The molecular weight excluding hydrogens is 250 g/mol. The molecule has 0 N–H and O–H groups in total. The van der Waals surface area contributed by atoms with Crippen LogP contribution in [-0.4, -0.2) is 25.3 Å². The van der Waals surface area contributed by atoms with Crippen LogP contribution in [0.1, 0.15) is 12.1 Å². The van der Waals surface area contributed by atoms with E-state index in [0.717, 1.165) is 28.8 Å². The van der Waals surface area contributed by atoms with Crippen LogP contribution >= 0.6 is 11.6 Å². The van der Waals surface area contributed by atoms with E-state index in [1.807, 2.05) is 30.3 Å². The van der Waals surface area contributed by atoms with Crippen molar-refractivity contribution in [2.24, 2.45) is 0 Å². The molecule has 3 nitrogen and oxygen atoms in total. The fraction of sp³-hybridized carbons (Fsp3) is 0.357. The lowest BCUT2D eigenvalue weighted by Crippen LogP contribution is -2.02. The summed E-state index contributed by atoms with van der Waals surface area (Å²) in [5.41, 5.74) is 1.74. The largest absolute Gasteiger partial charge is 0.493 e. The predicted octanol–water partition coefficient (Wildman–Crippen LogP) is 3.39. The Bertz CT molecular complexity index is 516. The number of ether oxygens (including phenoxy) is 2. The molecule has 0 radical (unpaired) electrons. The highest BCUT2D eigenvalue weighted by Gasteiger charge is 2.06. The molecule has 2 rings (SSSR count). The Balaban J connectivity index is 2.23. The number of fused-ring (bicyclic) bond motifs is 1. The number of rotatable bonds is 6. The zero-order chi connectivity index (χ0) is 12.8. The number of para-hydroxylation sites is 1. The third-order valence-corrected chi connectivity index (χ3v) is 2.89. The van der Waals surface area contributed by atoms with Crippen molar-refractivity contribution in [3.8, 4) is 5.75 Å². The standard InChI is InChI=1S/C14H16ClNO2/c1-17-7-4-8-18-14-9-11(10-15)16-13-6-3-2-5-12(13)14/h2-3,5-6,9H,4,7-8,10H2,1H3. The van der Waals surface area contributed by atoms with Gasteiger partial charge in [0, 0.05) is 31.6 Å². The van der Waals surface area contributed by atoms with E-state index in [9.17, 15) is 0 Å². The van der Waals surface area contributed by atoms with Gasteiger partial charge in [0.15, 0.2) is 0 Å². The van der Waals surface area contributed by atoms with Gasteiger partial charge in [-0.05, 0) is 12.1 Å². The second-order valence-corrected chi connectivity index (χ2v) is 4.22. The van der Waals surface area contributed by atoms with E-state index < -0.39 is 0 Å². The zero-order valence-electron chi connectivity index (χ0n) is 10.4. The quantitative estimate of drug-likeness (QED) is 0.593. The minimum atomic E-state index is 0.388. The second-order valence-electron chi connectivity index (χ2n) is 3.96. The summed E-state index contributed by atoms with van der Waals surface area (Å²) in [4.78, 5) is 4.46. The van der Waals surface area contributed by atoms with Crippen LogP contribution in [0.2, 0.25) is 0 Å². The van der Waals surface area contributed by atoms with Crippen LogP contribution in [-0.2, 0) is 10.6 Å². The van der Waals surface area contributed by atoms with Gasteiger partial charge in [-0.25, -0.2) is 0 Å². The smallest absolute Gasteiger partial charge is 0.130 e. The molecule has 0 unspecified atom stereocenters. The molecule has 4 heteroatoms. The monoisotopic (exact) mass is 265 g/mol. The number of hydrogen-bond donors (Lipinski definition) is 0. The van der Waals surface area contributed by atoms with Crippen LogP contribution in [0.5, 0.6) is 5.75 Å². The van der Waals surface area contributed by atoms with Gasteiger partial charge in [-0.3, -0.25) is 4.98 Å². The van der Waals surface area contributed by atoms with Gasteiger partial charge in [0.1, 0.15) is 5.75 Å². The lowest BCUT2D eigenvalue weighted by atomic mass is 10.2. The molecule has 0 saturated heterocycles. The number of pyridine rings is 1. The summed E-state index contributed by atoms with van der Waals surface area (Å²) < 4.78 is 10.8. The zero-order valence-corrected chi connectivity index (χ0v) is 11.1. The van der Waals surface area contributed by atoms with Gasteiger partial charge < -0.3 is 9.47 Å². The predicted molar refractivity (Wildman–Crippen MR) is 73.3 cm³/mol. The highest BCUT2D eigenvalue weighted by atomic mass is 35.5. The molecule has 18 heavy (non-hydrogen) atoms. The number of hydrogen-bond acceptors (Lipinski definition) is 3. The van der Waals surface area contributed by atoms with E-state index in [4.69, 9.17) is 21.1 Å². The maximum Gasteiger partial charge on any atom is 0.130 e. The van der Waals surface area contributed by atoms with Gasteiger partial charge >= 0.3 is 0 Å². The second kappa shape index (κ2) is 6.57. The van der Waals surface area contributed by atoms with Crippen molar-refractivity contribution >= 4 is 22.5 Å². The fourth-order valence-electron chi connectivity index (χ4n) is 1.77. The van der Waals surface area contributed by atoms with Crippen LogP contribution in [0.3, 0.4) is 0 Å². The minimum Gasteiger partial charge on any atom is -0.493 e. The Labute approximate surface area is 112 Å². The normalized spacial score (nSPS) is 10.8. The molecular formula is C14H16ClNO2. The van der Waals surface area contributed by atoms with Crippen LogP contribution in [0, 0.1) is 0 Å². The molecule has 1 aromatic carbocycles. The third kappa shape index (κ3) is 3.12. The van der Waals surface area contributed by atoms with Crippen LogP contribution in [0.15, 0.2) is 30.3 Å². The van der Waals surface area contributed by atoms with Crippen molar-refractivity contribution < 1.29 is 9.47 Å². The fourth-order valence-corrected chi connectivity index (χ4v) is 1.91. The molecule has 0 saturated carbocycles. The van der Waals surface area contributed by atoms with Crippen LogP contribution < -0.4 is 4.74 Å². The number of halogens is 1. The molecule has 0 fully saturated rings. The molecule has 0 amide bonds. The molecule has 96 valence electrons. The van der Waals surface area contributed by atoms with Crippen molar-refractivity contribution in [1.82, 2.24) is 4.98 Å². The summed E-state index contributed by atoms with van der Waals surface area (Å²) in [6.45, 7) is 1.33. The lowest BCUT2D eigenvalue weighted by molar-refractivity contribution is 0.172. The first-order valence-corrected chi connectivity index (χ1v) is 6.45. The van der Waals surface area contributed by atoms with Gasteiger partial charge in [-0.2, -0.15) is 0 Å². The lowest BCUT2D eigenvalue weighted by Gasteiger charge is -2.10. The topological polar surface area (TPSA) is 31.4 Å². The van der Waals surface area contributed by atoms with Crippen molar-refractivity contribution in [3.63, 3.8) is 0 Å². The molecule has 2 aromatic rings. The molecule has 0 aliphatic carbocycles. The average molecular weight is 266 g/mol. The van der Waals surface area contributed by atoms with Gasteiger partial charge in [-0.15, -0.1) is 11.6 Å². The summed E-state index contributed by atoms with van der Waals surface area (Å²) in [6, 6.07) is 9.82. The summed E-state index contributed by atoms with van der Waals surface area (Å²) >= 11 is 5.84. The van der Waals surface area contributed by atoms with Crippen LogP contribution in [0.25, 0.3) is 10.9 Å². The number of benzene rings is 1. The van der Waals surface area contributed by atoms with Crippen LogP contribution in [0.4, 0.5) is 0 Å². The summed E-state index contributed by atoms with van der Waals surface area (Å²) in [5.74, 6) is 1.23. The number of nitrogens with zero attached hydrogens (tertiary/aromatic N) is 1. The van der Waals surface area contributed by atoms with Crippen molar-refractivity contribution in [2.75, 3.05) is 20.3 Å². The Morgan fingerprint density at radius 1 is 1.22 bits per heavy atom. The molecule has 0 atom stereocenters. The Kier molecular flexibility index (Phi) is 4.79. The molecule has 1 heterocycles. The number of aromatic nitrogens is 1. The number of alkyl halides is 1. The molecule has 1 aromatic heterocycles. The van der Waals surface area contributed by atoms with Gasteiger partial charge in [0.25, 0.3) is 0 Å². The SMILES string of the molecule is COCCCOc1cc(CCl)nc2ccccc12. The highest BCUT2D eigenvalue weighted by Crippen LogP contribution is 2.26. The van der Waals surface area contributed by atoms with E-state index in [0.29, 0.717) is 19.1 Å². The molecule has 0 bridgehead atoms. The Morgan fingerprint density at radius 3 is 2.83 bits per heavy atom. The van der Waals surface area contributed by atoms with Crippen molar-refractivity contribution in [1.29, 1.82) is 0 Å². The summed E-state index contributed by atoms with van der Waals surface area (Å²) in [5, 5.41) is 1.02. The van der Waals surface area contributed by atoms with Crippen molar-refractivity contribution in [3.05, 3.63) is 36.0 Å². The first-order valence-electron chi connectivity index (χ1n) is 5.91. The molecule has 0 aliphatic rings. The van der Waals surface area contributed by atoms with Gasteiger partial charge in [0.2, 0.25) is 0 Å². The van der Waals surface area contributed by atoms with E-state index in [1.54, 1.807) is 7.11 Å². The molecule has 0 aliphatic heterocycles. The summed E-state index contributed by atoms with van der Waals surface area (Å²) in [6.07, 6.45) is 0.864. The van der Waals surface area contributed by atoms with Gasteiger partial charge in [0.05, 0.1) is 23.7 Å². The average Bonchev–Trinajstić information content (AvgIpc) is 2.43. The maximum absolute atomic E-state index is 5.84. The maximum atomic E-state index is 5.84. The minimum absolute atomic E-state index is 0.388. The first-order chi connectivity index (χ1) is 8.85. The van der Waals surface area contributed by atoms with Crippen molar-refractivity contribution in [2.45, 2.75) is 12.3 Å². The van der Waals surface area contributed by atoms with E-state index >= 15 is 0 Å². The van der Waals surface area contributed by atoms with E-state index in [1.165, 1.54) is 0 Å². The van der Waals surface area contributed by atoms with E-state index in [2.05, 4.69) is 4.98 Å². The highest BCUT2D eigenvalue weighted by molar-refractivity contribution is 6.17. The molecule has 0 spiro atoms. The van der Waals surface area contributed by atoms with Gasteiger partial charge in [-0.1, -0.05) is 12.1 Å². The first kappa shape index (κ1) is 13.1. The Hall–Kier alpha value is -1.32. The third-order valence-electron chi connectivity index (χ3n) is 2.62. The number of methoxy groups -OCH3 is 1.